The fourth-order valence-electron chi connectivity index (χ4n) is 5.69. The highest BCUT2D eigenvalue weighted by molar-refractivity contribution is 5.93. The maximum Gasteiger partial charge on any atom is 0.124 e. The normalized spacial score (nSPS) is 15.8. The van der Waals surface area contributed by atoms with Gasteiger partial charge in [0.15, 0.2) is 0 Å². The second-order valence-electron chi connectivity index (χ2n) is 10.4. The van der Waals surface area contributed by atoms with Gasteiger partial charge in [-0.25, -0.2) is 9.97 Å². The lowest BCUT2D eigenvalue weighted by atomic mass is 9.97. The molecule has 0 unspecified atom stereocenters. The molecule has 1 atom stereocenters. The fraction of sp³-hybridized carbons (Fsp3) is 0.250. The molecule has 3 heterocycles. The van der Waals surface area contributed by atoms with E-state index < -0.39 is 0 Å². The van der Waals surface area contributed by atoms with Gasteiger partial charge in [0.25, 0.3) is 0 Å². The summed E-state index contributed by atoms with van der Waals surface area (Å²) in [5, 5.41) is 6.00. The number of unbranched alkanes of at least 4 members (excludes halogenated alkanes) is 1. The minimum atomic E-state index is 0.345. The SMILES string of the molecule is NCCCCc1nc2ccc(-c3ccc4cc(-c5ccc6nc([C@@H]7CCCN7)[nH]c6c5)ccc4c3)cc2[nH]1. The summed E-state index contributed by atoms with van der Waals surface area (Å²) in [6, 6.07) is 26.8. The standard InChI is InChI=1S/C32H32N6/c33-14-2-1-5-31-35-26-12-10-24(18-29(26)36-31)22-8-6-21-17-23(9-7-20(21)16-22)25-11-13-27-30(19-25)38-32(37-27)28-4-3-15-34-28/h6-13,16-19,28,34H,1-5,14-15,33H2,(H,35,36)(H,37,38)/t28-/m0/s1. The van der Waals surface area contributed by atoms with Crippen molar-refractivity contribution in [3.63, 3.8) is 0 Å². The van der Waals surface area contributed by atoms with E-state index in [9.17, 15) is 0 Å². The van der Waals surface area contributed by atoms with Gasteiger partial charge in [0.2, 0.25) is 0 Å². The second-order valence-corrected chi connectivity index (χ2v) is 10.4. The number of rotatable bonds is 7. The highest BCUT2D eigenvalue weighted by atomic mass is 15.0. The first-order valence-corrected chi connectivity index (χ1v) is 13.7. The Hall–Kier alpha value is -4.00. The summed E-state index contributed by atoms with van der Waals surface area (Å²) in [6.07, 6.45) is 5.37. The van der Waals surface area contributed by atoms with Crippen LogP contribution in [-0.2, 0) is 6.42 Å². The quantitative estimate of drug-likeness (QED) is 0.185. The molecule has 6 heteroatoms. The molecule has 4 aromatic carbocycles. The maximum absolute atomic E-state index is 5.63. The van der Waals surface area contributed by atoms with Crippen molar-refractivity contribution in [1.82, 2.24) is 25.3 Å². The molecule has 7 rings (SSSR count). The number of nitrogens with zero attached hydrogens (tertiary/aromatic N) is 2. The summed E-state index contributed by atoms with van der Waals surface area (Å²) in [4.78, 5) is 16.6. The van der Waals surface area contributed by atoms with Crippen molar-refractivity contribution >= 4 is 32.8 Å². The van der Waals surface area contributed by atoms with Crippen molar-refractivity contribution in [2.24, 2.45) is 5.73 Å². The van der Waals surface area contributed by atoms with E-state index in [1.807, 2.05) is 0 Å². The number of hydrogen-bond acceptors (Lipinski definition) is 4. The van der Waals surface area contributed by atoms with Crippen LogP contribution in [0.4, 0.5) is 0 Å². The predicted molar refractivity (Wildman–Crippen MR) is 156 cm³/mol. The van der Waals surface area contributed by atoms with Gasteiger partial charge in [-0.3, -0.25) is 0 Å². The van der Waals surface area contributed by atoms with Gasteiger partial charge in [-0.1, -0.05) is 36.4 Å². The minimum Gasteiger partial charge on any atom is -0.342 e. The van der Waals surface area contributed by atoms with Gasteiger partial charge < -0.3 is 21.0 Å². The van der Waals surface area contributed by atoms with Gasteiger partial charge in [-0.15, -0.1) is 0 Å². The Balaban J connectivity index is 1.16. The van der Waals surface area contributed by atoms with Gasteiger partial charge in [0.05, 0.1) is 28.1 Å². The van der Waals surface area contributed by atoms with Crippen molar-refractivity contribution < 1.29 is 0 Å². The zero-order valence-corrected chi connectivity index (χ0v) is 21.4. The molecule has 0 spiro atoms. The van der Waals surface area contributed by atoms with Crippen LogP contribution in [0, 0.1) is 0 Å². The number of aromatic amines is 2. The molecule has 0 radical (unpaired) electrons. The highest BCUT2D eigenvalue weighted by Crippen LogP contribution is 2.31. The Kier molecular flexibility index (Phi) is 5.91. The van der Waals surface area contributed by atoms with E-state index in [-0.39, 0.29) is 0 Å². The zero-order chi connectivity index (χ0) is 25.5. The number of imidazole rings is 2. The fourth-order valence-corrected chi connectivity index (χ4v) is 5.69. The summed E-state index contributed by atoms with van der Waals surface area (Å²) in [6.45, 7) is 1.80. The Morgan fingerprint density at radius 1 is 0.711 bits per heavy atom. The molecule has 5 N–H and O–H groups in total. The average molecular weight is 501 g/mol. The third-order valence-electron chi connectivity index (χ3n) is 7.80. The third kappa shape index (κ3) is 4.36. The molecule has 1 aliphatic rings. The topological polar surface area (TPSA) is 95.4 Å². The Bertz CT molecular complexity index is 1750. The average Bonchev–Trinajstić information content (AvgIpc) is 3.71. The first kappa shape index (κ1) is 23.1. The van der Waals surface area contributed by atoms with Crippen molar-refractivity contribution in [2.75, 3.05) is 13.1 Å². The van der Waals surface area contributed by atoms with Gasteiger partial charge in [-0.05, 0) is 108 Å². The smallest absolute Gasteiger partial charge is 0.124 e. The van der Waals surface area contributed by atoms with Gasteiger partial charge in [0.1, 0.15) is 11.6 Å². The predicted octanol–water partition coefficient (Wildman–Crippen LogP) is 6.63. The van der Waals surface area contributed by atoms with Crippen molar-refractivity contribution in [3.05, 3.63) is 84.4 Å². The lowest BCUT2D eigenvalue weighted by molar-refractivity contribution is 0.614. The lowest BCUT2D eigenvalue weighted by Gasteiger charge is -2.07. The Morgan fingerprint density at radius 2 is 1.34 bits per heavy atom. The molecule has 0 bridgehead atoms. The van der Waals surface area contributed by atoms with Gasteiger partial charge in [-0.2, -0.15) is 0 Å². The summed E-state index contributed by atoms with van der Waals surface area (Å²) in [5.41, 5.74) is 14.7. The molecule has 0 aliphatic carbocycles. The van der Waals surface area contributed by atoms with Crippen LogP contribution in [-0.4, -0.2) is 33.0 Å². The van der Waals surface area contributed by atoms with Crippen molar-refractivity contribution in [1.29, 1.82) is 0 Å². The molecule has 190 valence electrons. The van der Waals surface area contributed by atoms with Crippen LogP contribution in [0.2, 0.25) is 0 Å². The number of nitrogens with two attached hydrogens (primary N) is 1. The molecular formula is C32H32N6. The van der Waals surface area contributed by atoms with Crippen molar-refractivity contribution in [3.8, 4) is 22.3 Å². The van der Waals surface area contributed by atoms with E-state index in [0.717, 1.165) is 72.5 Å². The highest BCUT2D eigenvalue weighted by Gasteiger charge is 2.19. The zero-order valence-electron chi connectivity index (χ0n) is 21.4. The van der Waals surface area contributed by atoms with E-state index in [0.29, 0.717) is 6.04 Å². The molecule has 1 saturated heterocycles. The molecule has 2 aromatic heterocycles. The molecule has 6 aromatic rings. The van der Waals surface area contributed by atoms with Crippen LogP contribution >= 0.6 is 0 Å². The van der Waals surface area contributed by atoms with Crippen LogP contribution in [0.5, 0.6) is 0 Å². The summed E-state index contributed by atoms with van der Waals surface area (Å²) >= 11 is 0. The van der Waals surface area contributed by atoms with E-state index in [1.54, 1.807) is 0 Å². The number of aryl methyl sites for hydroxylation is 1. The number of fused-ring (bicyclic) bond motifs is 3. The maximum atomic E-state index is 5.63. The van der Waals surface area contributed by atoms with Crippen LogP contribution < -0.4 is 11.1 Å². The number of aromatic nitrogens is 4. The molecule has 6 nitrogen and oxygen atoms in total. The van der Waals surface area contributed by atoms with Crippen LogP contribution in [0.15, 0.2) is 72.8 Å². The van der Waals surface area contributed by atoms with E-state index in [2.05, 4.69) is 88.1 Å². The van der Waals surface area contributed by atoms with Crippen molar-refractivity contribution in [2.45, 2.75) is 38.1 Å². The largest absolute Gasteiger partial charge is 0.342 e. The van der Waals surface area contributed by atoms with E-state index >= 15 is 0 Å². The molecule has 0 amide bonds. The third-order valence-corrected chi connectivity index (χ3v) is 7.80. The van der Waals surface area contributed by atoms with Crippen LogP contribution in [0.25, 0.3) is 55.1 Å². The monoisotopic (exact) mass is 500 g/mol. The minimum absolute atomic E-state index is 0.345. The molecule has 0 saturated carbocycles. The molecule has 1 aliphatic heterocycles. The molecular weight excluding hydrogens is 468 g/mol. The Labute approximate surface area is 221 Å². The van der Waals surface area contributed by atoms with E-state index in [4.69, 9.17) is 15.7 Å². The Morgan fingerprint density at radius 3 is 2.00 bits per heavy atom. The van der Waals surface area contributed by atoms with E-state index in [1.165, 1.54) is 39.4 Å². The summed E-state index contributed by atoms with van der Waals surface area (Å²) < 4.78 is 0. The number of hydrogen-bond donors (Lipinski definition) is 4. The van der Waals surface area contributed by atoms with Gasteiger partial charge >= 0.3 is 0 Å². The number of nitrogens with one attached hydrogen (secondary N) is 3. The molecule has 1 fully saturated rings. The first-order valence-electron chi connectivity index (χ1n) is 13.7. The number of benzene rings is 4. The van der Waals surface area contributed by atoms with Crippen LogP contribution in [0.1, 0.15) is 43.4 Å². The van der Waals surface area contributed by atoms with Gasteiger partial charge in [0, 0.05) is 6.42 Å². The summed E-state index contributed by atoms with van der Waals surface area (Å²) in [7, 11) is 0. The molecule has 38 heavy (non-hydrogen) atoms. The summed E-state index contributed by atoms with van der Waals surface area (Å²) in [5.74, 6) is 2.09. The van der Waals surface area contributed by atoms with Crippen LogP contribution in [0.3, 0.4) is 0 Å². The lowest BCUT2D eigenvalue weighted by Crippen LogP contribution is -2.13. The first-order chi connectivity index (χ1) is 18.7. The number of H-pyrrole nitrogens is 2. The second kappa shape index (κ2) is 9.71.